The molecule has 2 aromatic heterocycles. The first-order valence-corrected chi connectivity index (χ1v) is 11.4. The Morgan fingerprint density at radius 2 is 1.69 bits per heavy atom. The van der Waals surface area contributed by atoms with Crippen LogP contribution in [0.5, 0.6) is 0 Å². The van der Waals surface area contributed by atoms with Gasteiger partial charge in [-0.1, -0.05) is 52.0 Å². The summed E-state index contributed by atoms with van der Waals surface area (Å²) in [7, 11) is 0. The average molecular weight is 440 g/mol. The second kappa shape index (κ2) is 9.03. The maximum Gasteiger partial charge on any atom is 0.330 e. The van der Waals surface area contributed by atoms with E-state index in [2.05, 4.69) is 54.9 Å². The number of imidazole rings is 1. The second-order valence-corrected chi connectivity index (χ2v) is 9.45. The van der Waals surface area contributed by atoms with Crippen molar-refractivity contribution < 1.29 is 4.74 Å². The molecule has 0 saturated carbocycles. The summed E-state index contributed by atoms with van der Waals surface area (Å²) in [5.41, 5.74) is 2.34. The molecule has 1 saturated heterocycles. The molecule has 8 heteroatoms. The van der Waals surface area contributed by atoms with Crippen molar-refractivity contribution in [2.75, 3.05) is 32.8 Å². The molecule has 1 aliphatic heterocycles. The highest BCUT2D eigenvalue weighted by Gasteiger charge is 2.21. The van der Waals surface area contributed by atoms with E-state index in [1.165, 1.54) is 5.56 Å². The number of aromatic amines is 1. The molecule has 172 valence electrons. The van der Waals surface area contributed by atoms with Crippen molar-refractivity contribution in [2.24, 2.45) is 0 Å². The van der Waals surface area contributed by atoms with Crippen LogP contribution in [0.3, 0.4) is 0 Å². The highest BCUT2D eigenvalue weighted by molar-refractivity contribution is 5.77. The lowest BCUT2D eigenvalue weighted by atomic mass is 9.87. The topological polar surface area (TPSA) is 85.2 Å². The third-order valence-corrected chi connectivity index (χ3v) is 6.09. The summed E-state index contributed by atoms with van der Waals surface area (Å²) in [6.45, 7) is 13.7. The number of hydrogen-bond acceptors (Lipinski definition) is 5. The summed E-state index contributed by atoms with van der Waals surface area (Å²) >= 11 is 0. The zero-order valence-electron chi connectivity index (χ0n) is 19.5. The number of H-pyrrole nitrogens is 1. The Balaban J connectivity index is 1.84. The van der Waals surface area contributed by atoms with Crippen LogP contribution in [0.4, 0.5) is 0 Å². The molecule has 0 atom stereocenters. The van der Waals surface area contributed by atoms with Gasteiger partial charge in [-0.05, 0) is 17.4 Å². The Bertz CT molecular complexity index is 1190. The summed E-state index contributed by atoms with van der Waals surface area (Å²) in [4.78, 5) is 35.1. The zero-order valence-corrected chi connectivity index (χ0v) is 19.5. The first-order valence-electron chi connectivity index (χ1n) is 11.4. The lowest BCUT2D eigenvalue weighted by molar-refractivity contribution is 0.0365. The summed E-state index contributed by atoms with van der Waals surface area (Å²) in [6.07, 6.45) is 0.775. The first-order chi connectivity index (χ1) is 15.3. The molecule has 0 amide bonds. The van der Waals surface area contributed by atoms with Crippen molar-refractivity contribution in [1.29, 1.82) is 0 Å². The van der Waals surface area contributed by atoms with E-state index in [-0.39, 0.29) is 11.0 Å². The fourth-order valence-electron chi connectivity index (χ4n) is 4.23. The van der Waals surface area contributed by atoms with E-state index >= 15 is 0 Å². The van der Waals surface area contributed by atoms with E-state index in [0.29, 0.717) is 24.3 Å². The average Bonchev–Trinajstić information content (AvgIpc) is 3.15. The monoisotopic (exact) mass is 439 g/mol. The van der Waals surface area contributed by atoms with Crippen LogP contribution in [0, 0.1) is 0 Å². The predicted octanol–water partition coefficient (Wildman–Crippen LogP) is 2.59. The van der Waals surface area contributed by atoms with Crippen molar-refractivity contribution in [3.8, 4) is 11.4 Å². The van der Waals surface area contributed by atoms with Gasteiger partial charge in [-0.3, -0.25) is 19.2 Å². The van der Waals surface area contributed by atoms with Gasteiger partial charge in [0, 0.05) is 38.3 Å². The third kappa shape index (κ3) is 4.42. The van der Waals surface area contributed by atoms with Crippen LogP contribution >= 0.6 is 0 Å². The van der Waals surface area contributed by atoms with Gasteiger partial charge in [0.25, 0.3) is 5.56 Å². The first kappa shape index (κ1) is 22.5. The molecule has 3 aromatic rings. The maximum absolute atomic E-state index is 12.9. The maximum atomic E-state index is 12.9. The Kier molecular flexibility index (Phi) is 6.35. The van der Waals surface area contributed by atoms with E-state index in [0.717, 1.165) is 50.7 Å². The molecule has 0 aliphatic carbocycles. The molecule has 1 aromatic carbocycles. The largest absolute Gasteiger partial charge is 0.379 e. The predicted molar refractivity (Wildman–Crippen MR) is 126 cm³/mol. The van der Waals surface area contributed by atoms with Crippen LogP contribution in [0.1, 0.15) is 39.7 Å². The van der Waals surface area contributed by atoms with Gasteiger partial charge in [-0.25, -0.2) is 9.78 Å². The van der Waals surface area contributed by atoms with Crippen LogP contribution in [-0.2, 0) is 23.2 Å². The SMILES string of the molecule is CCCn1c(=O)[nH]c(=O)c2c1nc(-c1ccc(C(C)(C)C)cc1)n2CCN1CCOCC1. The van der Waals surface area contributed by atoms with Gasteiger partial charge in [0.05, 0.1) is 13.2 Å². The minimum atomic E-state index is -0.406. The number of aryl methyl sites for hydroxylation is 1. The quantitative estimate of drug-likeness (QED) is 0.638. The van der Waals surface area contributed by atoms with Crippen molar-refractivity contribution in [1.82, 2.24) is 24.0 Å². The van der Waals surface area contributed by atoms with Gasteiger partial charge in [0.1, 0.15) is 5.82 Å². The summed E-state index contributed by atoms with van der Waals surface area (Å²) < 4.78 is 9.01. The van der Waals surface area contributed by atoms with Crippen LogP contribution in [0.25, 0.3) is 22.6 Å². The van der Waals surface area contributed by atoms with Crippen LogP contribution in [0.15, 0.2) is 33.9 Å². The highest BCUT2D eigenvalue weighted by atomic mass is 16.5. The van der Waals surface area contributed by atoms with E-state index in [4.69, 9.17) is 9.72 Å². The zero-order chi connectivity index (χ0) is 22.9. The number of nitrogens with zero attached hydrogens (tertiary/aromatic N) is 4. The smallest absolute Gasteiger partial charge is 0.330 e. The summed E-state index contributed by atoms with van der Waals surface area (Å²) in [5, 5.41) is 0. The normalized spacial score (nSPS) is 15.5. The summed E-state index contributed by atoms with van der Waals surface area (Å²) in [5.74, 6) is 0.717. The molecule has 0 spiro atoms. The van der Waals surface area contributed by atoms with Crippen molar-refractivity contribution in [2.45, 2.75) is 52.6 Å². The molecule has 1 N–H and O–H groups in total. The lowest BCUT2D eigenvalue weighted by Gasteiger charge is -2.27. The standard InChI is InChI=1S/C24H33N5O3/c1-5-10-29-21-19(22(30)26-23(29)31)28(12-11-27-13-15-32-16-14-27)20(25-21)17-6-8-18(9-7-17)24(2,3)4/h6-9H,5,10-16H2,1-4H3,(H,26,30,31). The van der Waals surface area contributed by atoms with Gasteiger partial charge < -0.3 is 9.30 Å². The molecule has 0 radical (unpaired) electrons. The second-order valence-electron chi connectivity index (χ2n) is 9.45. The van der Waals surface area contributed by atoms with Crippen molar-refractivity contribution in [3.05, 3.63) is 50.7 Å². The van der Waals surface area contributed by atoms with E-state index in [1.807, 2.05) is 11.5 Å². The van der Waals surface area contributed by atoms with Crippen LogP contribution in [-0.4, -0.2) is 56.9 Å². The molecule has 4 rings (SSSR count). The van der Waals surface area contributed by atoms with Crippen LogP contribution in [0.2, 0.25) is 0 Å². The van der Waals surface area contributed by atoms with Gasteiger partial charge in [-0.2, -0.15) is 0 Å². The number of aromatic nitrogens is 4. The fourth-order valence-corrected chi connectivity index (χ4v) is 4.23. The Labute approximate surface area is 187 Å². The Hall–Kier alpha value is -2.71. The van der Waals surface area contributed by atoms with Gasteiger partial charge in [0.15, 0.2) is 11.2 Å². The molecular weight excluding hydrogens is 406 g/mol. The number of rotatable bonds is 6. The molecule has 32 heavy (non-hydrogen) atoms. The number of morpholine rings is 1. The van der Waals surface area contributed by atoms with Gasteiger partial charge in [0.2, 0.25) is 0 Å². The highest BCUT2D eigenvalue weighted by Crippen LogP contribution is 2.27. The fraction of sp³-hybridized carbons (Fsp3) is 0.542. The van der Waals surface area contributed by atoms with Gasteiger partial charge in [-0.15, -0.1) is 0 Å². The van der Waals surface area contributed by atoms with Crippen molar-refractivity contribution in [3.63, 3.8) is 0 Å². The lowest BCUT2D eigenvalue weighted by Crippen LogP contribution is -2.38. The third-order valence-electron chi connectivity index (χ3n) is 6.09. The number of ether oxygens (including phenoxy) is 1. The number of fused-ring (bicyclic) bond motifs is 1. The van der Waals surface area contributed by atoms with E-state index in [9.17, 15) is 9.59 Å². The molecule has 0 unspecified atom stereocenters. The minimum absolute atomic E-state index is 0.0494. The Morgan fingerprint density at radius 3 is 2.31 bits per heavy atom. The molecule has 0 bridgehead atoms. The van der Waals surface area contributed by atoms with Gasteiger partial charge >= 0.3 is 5.69 Å². The molecular formula is C24H33N5O3. The number of nitrogens with one attached hydrogen (secondary N) is 1. The number of benzene rings is 1. The van der Waals surface area contributed by atoms with E-state index < -0.39 is 5.69 Å². The molecule has 8 nitrogen and oxygen atoms in total. The molecule has 1 fully saturated rings. The van der Waals surface area contributed by atoms with Crippen molar-refractivity contribution >= 4 is 11.2 Å². The molecule has 1 aliphatic rings. The van der Waals surface area contributed by atoms with Crippen LogP contribution < -0.4 is 11.2 Å². The number of hydrogen-bond donors (Lipinski definition) is 1. The summed E-state index contributed by atoms with van der Waals surface area (Å²) in [6, 6.07) is 8.35. The molecule has 3 heterocycles. The van der Waals surface area contributed by atoms with E-state index in [1.54, 1.807) is 4.57 Å². The Morgan fingerprint density at radius 1 is 1.00 bits per heavy atom. The minimum Gasteiger partial charge on any atom is -0.379 e.